The quantitative estimate of drug-likeness (QED) is 0.608. The zero-order valence-corrected chi connectivity index (χ0v) is 16.2. The van der Waals surface area contributed by atoms with E-state index < -0.39 is 0 Å². The van der Waals surface area contributed by atoms with Crippen molar-refractivity contribution in [1.82, 2.24) is 0 Å². The van der Waals surface area contributed by atoms with Crippen LogP contribution in [0.2, 0.25) is 0 Å². The van der Waals surface area contributed by atoms with Crippen molar-refractivity contribution < 1.29 is 0 Å². The summed E-state index contributed by atoms with van der Waals surface area (Å²) in [4.78, 5) is 0. The van der Waals surface area contributed by atoms with Crippen LogP contribution in [-0.2, 0) is 0 Å². The summed E-state index contributed by atoms with van der Waals surface area (Å²) < 4.78 is 0. The SMILES string of the molecule is c1cc(C2CC3CCC2C3)ccc1Nc1ccc(C2CC3CCC2C3)cc1. The van der Waals surface area contributed by atoms with Crippen LogP contribution >= 0.6 is 0 Å². The minimum absolute atomic E-state index is 0.832. The molecular weight excluding hydrogens is 326 g/mol. The first-order valence-electron chi connectivity index (χ1n) is 11.3. The maximum Gasteiger partial charge on any atom is 0.0384 e. The molecule has 0 aliphatic heterocycles. The van der Waals surface area contributed by atoms with Gasteiger partial charge >= 0.3 is 0 Å². The van der Waals surface area contributed by atoms with Crippen LogP contribution < -0.4 is 5.32 Å². The molecule has 4 aliphatic rings. The number of benzene rings is 2. The molecule has 140 valence electrons. The molecule has 0 heterocycles. The molecule has 0 spiro atoms. The van der Waals surface area contributed by atoms with Gasteiger partial charge in [-0.25, -0.2) is 0 Å². The van der Waals surface area contributed by atoms with Crippen molar-refractivity contribution in [1.29, 1.82) is 0 Å². The van der Waals surface area contributed by atoms with Gasteiger partial charge in [-0.15, -0.1) is 0 Å². The molecule has 4 bridgehead atoms. The third-order valence-electron chi connectivity index (χ3n) is 8.44. The van der Waals surface area contributed by atoms with Crippen LogP contribution in [0.5, 0.6) is 0 Å². The minimum Gasteiger partial charge on any atom is -0.356 e. The van der Waals surface area contributed by atoms with Gasteiger partial charge in [-0.05, 0) is 109 Å². The molecule has 6 rings (SSSR count). The number of rotatable bonds is 4. The third-order valence-corrected chi connectivity index (χ3v) is 8.44. The Hall–Kier alpha value is -1.76. The molecule has 27 heavy (non-hydrogen) atoms. The van der Waals surface area contributed by atoms with Crippen molar-refractivity contribution in [2.75, 3.05) is 5.32 Å². The van der Waals surface area contributed by atoms with E-state index in [0.717, 1.165) is 35.5 Å². The minimum atomic E-state index is 0.832. The molecule has 0 radical (unpaired) electrons. The van der Waals surface area contributed by atoms with Crippen molar-refractivity contribution in [2.24, 2.45) is 23.7 Å². The maximum atomic E-state index is 3.61. The Morgan fingerprint density at radius 1 is 0.519 bits per heavy atom. The molecule has 1 nitrogen and oxygen atoms in total. The Morgan fingerprint density at radius 2 is 0.963 bits per heavy atom. The number of fused-ring (bicyclic) bond motifs is 4. The second kappa shape index (κ2) is 6.40. The monoisotopic (exact) mass is 357 g/mol. The highest BCUT2D eigenvalue weighted by Crippen LogP contribution is 2.53. The molecule has 4 saturated carbocycles. The molecule has 6 unspecified atom stereocenters. The maximum absolute atomic E-state index is 3.61. The third kappa shape index (κ3) is 2.91. The highest BCUT2D eigenvalue weighted by molar-refractivity contribution is 5.60. The first-order chi connectivity index (χ1) is 13.3. The van der Waals surface area contributed by atoms with E-state index in [0.29, 0.717) is 0 Å². The summed E-state index contributed by atoms with van der Waals surface area (Å²) in [6, 6.07) is 18.6. The van der Waals surface area contributed by atoms with E-state index in [1.54, 1.807) is 11.1 Å². The summed E-state index contributed by atoms with van der Waals surface area (Å²) >= 11 is 0. The van der Waals surface area contributed by atoms with Gasteiger partial charge in [-0.1, -0.05) is 37.1 Å². The Morgan fingerprint density at radius 3 is 1.30 bits per heavy atom. The standard InChI is InChI=1S/C26H31N/c1-3-21-13-17(1)15-25(21)19-5-9-23(10-6-19)27-24-11-7-20(8-12-24)26-16-18-2-4-22(26)14-18/h5-12,17-18,21-22,25-27H,1-4,13-16H2. The molecular formula is C26H31N. The van der Waals surface area contributed by atoms with Gasteiger partial charge < -0.3 is 5.32 Å². The average molecular weight is 358 g/mol. The van der Waals surface area contributed by atoms with Crippen LogP contribution in [0.25, 0.3) is 0 Å². The molecule has 4 fully saturated rings. The van der Waals surface area contributed by atoms with Crippen LogP contribution in [0.15, 0.2) is 48.5 Å². The highest BCUT2D eigenvalue weighted by Gasteiger charge is 2.40. The smallest absolute Gasteiger partial charge is 0.0384 e. The summed E-state index contributed by atoms with van der Waals surface area (Å²) in [6.45, 7) is 0. The lowest BCUT2D eigenvalue weighted by atomic mass is 9.83. The fourth-order valence-electron chi connectivity index (χ4n) is 7.10. The zero-order chi connectivity index (χ0) is 17.8. The molecule has 4 aliphatic carbocycles. The first kappa shape index (κ1) is 16.2. The zero-order valence-electron chi connectivity index (χ0n) is 16.2. The summed E-state index contributed by atoms with van der Waals surface area (Å²) in [7, 11) is 0. The van der Waals surface area contributed by atoms with E-state index in [-0.39, 0.29) is 0 Å². The fraction of sp³-hybridized carbons (Fsp3) is 0.538. The molecule has 1 N–H and O–H groups in total. The van der Waals surface area contributed by atoms with Gasteiger partial charge in [0.1, 0.15) is 0 Å². The summed E-state index contributed by atoms with van der Waals surface area (Å²) in [5.74, 6) is 5.63. The predicted molar refractivity (Wildman–Crippen MR) is 113 cm³/mol. The highest BCUT2D eigenvalue weighted by atomic mass is 14.9. The van der Waals surface area contributed by atoms with Crippen LogP contribution in [0.3, 0.4) is 0 Å². The van der Waals surface area contributed by atoms with Crippen LogP contribution in [0, 0.1) is 23.7 Å². The van der Waals surface area contributed by atoms with Crippen molar-refractivity contribution >= 4 is 11.4 Å². The lowest BCUT2D eigenvalue weighted by Gasteiger charge is -2.23. The van der Waals surface area contributed by atoms with Gasteiger partial charge in [-0.2, -0.15) is 0 Å². The number of hydrogen-bond donors (Lipinski definition) is 1. The molecule has 2 aromatic carbocycles. The lowest BCUT2D eigenvalue weighted by Crippen LogP contribution is -2.08. The van der Waals surface area contributed by atoms with E-state index in [2.05, 4.69) is 53.8 Å². The summed E-state index contributed by atoms with van der Waals surface area (Å²) in [5, 5.41) is 3.61. The van der Waals surface area contributed by atoms with E-state index in [9.17, 15) is 0 Å². The van der Waals surface area contributed by atoms with Crippen LogP contribution in [-0.4, -0.2) is 0 Å². The molecule has 2 aromatic rings. The largest absolute Gasteiger partial charge is 0.356 e. The molecule has 1 heteroatoms. The molecule has 0 amide bonds. The van der Waals surface area contributed by atoms with Crippen LogP contribution in [0.1, 0.15) is 74.3 Å². The second-order valence-electron chi connectivity index (χ2n) is 9.93. The summed E-state index contributed by atoms with van der Waals surface area (Å²) in [6.07, 6.45) is 11.7. The van der Waals surface area contributed by atoms with E-state index in [1.165, 1.54) is 62.7 Å². The second-order valence-corrected chi connectivity index (χ2v) is 9.93. The first-order valence-corrected chi connectivity index (χ1v) is 11.3. The molecule has 0 aromatic heterocycles. The van der Waals surface area contributed by atoms with E-state index in [1.807, 2.05) is 0 Å². The number of hydrogen-bond acceptors (Lipinski definition) is 1. The number of nitrogens with one attached hydrogen (secondary N) is 1. The predicted octanol–water partition coefficient (Wildman–Crippen LogP) is 7.24. The van der Waals surface area contributed by atoms with Gasteiger partial charge in [-0.3, -0.25) is 0 Å². The molecule has 0 saturated heterocycles. The Kier molecular flexibility index (Phi) is 3.84. The van der Waals surface area contributed by atoms with Crippen molar-refractivity contribution in [2.45, 2.75) is 63.2 Å². The van der Waals surface area contributed by atoms with Gasteiger partial charge in [0.05, 0.1) is 0 Å². The van der Waals surface area contributed by atoms with Crippen molar-refractivity contribution in [3.63, 3.8) is 0 Å². The Bertz CT molecular complexity index is 736. The lowest BCUT2D eigenvalue weighted by molar-refractivity contribution is 0.420. The normalized spacial score (nSPS) is 36.4. The fourth-order valence-corrected chi connectivity index (χ4v) is 7.10. The van der Waals surface area contributed by atoms with E-state index >= 15 is 0 Å². The van der Waals surface area contributed by atoms with Crippen molar-refractivity contribution in [3.8, 4) is 0 Å². The average Bonchev–Trinajstić information content (AvgIpc) is 3.50. The van der Waals surface area contributed by atoms with Crippen molar-refractivity contribution in [3.05, 3.63) is 59.7 Å². The van der Waals surface area contributed by atoms with Gasteiger partial charge in [0.2, 0.25) is 0 Å². The summed E-state index contributed by atoms with van der Waals surface area (Å²) in [5.41, 5.74) is 5.57. The molecule has 6 atom stereocenters. The van der Waals surface area contributed by atoms with E-state index in [4.69, 9.17) is 0 Å². The topological polar surface area (TPSA) is 12.0 Å². The van der Waals surface area contributed by atoms with Gasteiger partial charge in [0.25, 0.3) is 0 Å². The van der Waals surface area contributed by atoms with Gasteiger partial charge in [0, 0.05) is 11.4 Å². The Balaban J connectivity index is 1.12. The number of anilines is 2. The Labute approximate surface area is 163 Å². The van der Waals surface area contributed by atoms with Crippen LogP contribution in [0.4, 0.5) is 11.4 Å². The van der Waals surface area contributed by atoms with Gasteiger partial charge in [0.15, 0.2) is 0 Å².